The van der Waals surface area contributed by atoms with Crippen LogP contribution < -0.4 is 9.03 Å². The molecule has 0 saturated carbocycles. The highest BCUT2D eigenvalue weighted by atomic mass is 35.5. The summed E-state index contributed by atoms with van der Waals surface area (Å²) in [7, 11) is -7.18. The number of sulfonamides is 2. The van der Waals surface area contributed by atoms with Gasteiger partial charge in [0.05, 0.1) is 30.9 Å². The fourth-order valence-electron chi connectivity index (χ4n) is 6.42. The van der Waals surface area contributed by atoms with Crippen molar-refractivity contribution in [1.29, 1.82) is 0 Å². The average Bonchev–Trinajstić information content (AvgIpc) is 3.31. The van der Waals surface area contributed by atoms with Crippen LogP contribution in [0.5, 0.6) is 0 Å². The SMILES string of the molecule is CS(=O)(=O)N1CC2(CCN(C(=O)[C@@H](COCc3ccccc3)NS(=O)(=O)CCN3CCCCC3)CC2)c2ccccc21.Cl. The Morgan fingerprint density at radius 1 is 0.930 bits per heavy atom. The number of nitrogens with one attached hydrogen (secondary N) is 1. The predicted octanol–water partition coefficient (Wildman–Crippen LogP) is 2.74. The van der Waals surface area contributed by atoms with E-state index in [0.29, 0.717) is 44.7 Å². The first-order valence-corrected chi connectivity index (χ1v) is 18.3. The number of nitrogens with zero attached hydrogens (tertiary/aromatic N) is 3. The lowest BCUT2D eigenvalue weighted by Gasteiger charge is -2.40. The first-order chi connectivity index (χ1) is 20.1. The quantitative estimate of drug-likeness (QED) is 0.396. The van der Waals surface area contributed by atoms with Crippen molar-refractivity contribution in [3.63, 3.8) is 0 Å². The molecule has 0 aromatic heterocycles. The summed E-state index contributed by atoms with van der Waals surface area (Å²) in [4.78, 5) is 17.7. The molecule has 1 N–H and O–H groups in total. The maximum absolute atomic E-state index is 13.8. The molecule has 3 heterocycles. The Labute approximate surface area is 262 Å². The van der Waals surface area contributed by atoms with Gasteiger partial charge in [-0.1, -0.05) is 55.0 Å². The van der Waals surface area contributed by atoms with E-state index in [4.69, 9.17) is 4.74 Å². The average molecular weight is 655 g/mol. The zero-order valence-corrected chi connectivity index (χ0v) is 27.1. The van der Waals surface area contributed by atoms with Gasteiger partial charge in [-0.15, -0.1) is 12.4 Å². The molecule has 1 atom stereocenters. The van der Waals surface area contributed by atoms with E-state index < -0.39 is 26.1 Å². The predicted molar refractivity (Wildman–Crippen MR) is 170 cm³/mol. The number of hydrogen-bond acceptors (Lipinski definition) is 7. The third-order valence-electron chi connectivity index (χ3n) is 8.76. The number of carbonyl (C=O) groups is 1. The Morgan fingerprint density at radius 2 is 1.58 bits per heavy atom. The standard InChI is InChI=1S/C30H42N4O6S2.ClH/c1-41(36,37)34-24-30(26-12-6-7-13-28(26)34)14-18-33(19-15-30)29(35)27(23-40-22-25-10-4-2-5-11-25)31-42(38,39)21-20-32-16-8-3-9-17-32;/h2,4-7,10-13,27,31H,3,8-9,14-24H2,1H3;1H/t27-;/m1./s1. The third kappa shape index (κ3) is 8.29. The molecule has 10 nitrogen and oxygen atoms in total. The number of likely N-dealkylation sites (tertiary alicyclic amines) is 2. The number of para-hydroxylation sites is 1. The van der Waals surface area contributed by atoms with Crippen molar-refractivity contribution < 1.29 is 26.4 Å². The van der Waals surface area contributed by atoms with E-state index in [-0.39, 0.29) is 42.7 Å². The monoisotopic (exact) mass is 654 g/mol. The first-order valence-electron chi connectivity index (χ1n) is 14.8. The molecule has 2 aromatic rings. The number of anilines is 1. The number of carbonyl (C=O) groups excluding carboxylic acids is 1. The lowest BCUT2D eigenvalue weighted by molar-refractivity contribution is -0.136. The lowest BCUT2D eigenvalue weighted by Crippen LogP contribution is -2.55. The largest absolute Gasteiger partial charge is 0.375 e. The Bertz CT molecular complexity index is 1440. The Hall–Kier alpha value is -2.22. The van der Waals surface area contributed by atoms with Crippen LogP contribution in [-0.4, -0.2) is 96.5 Å². The minimum atomic E-state index is -3.74. The van der Waals surface area contributed by atoms with Crippen LogP contribution in [-0.2, 0) is 41.6 Å². The first kappa shape index (κ1) is 33.7. The molecular weight excluding hydrogens is 612 g/mol. The van der Waals surface area contributed by atoms with Crippen LogP contribution in [0.2, 0.25) is 0 Å². The van der Waals surface area contributed by atoms with Crippen molar-refractivity contribution in [3.05, 3.63) is 65.7 Å². The summed E-state index contributed by atoms with van der Waals surface area (Å²) >= 11 is 0. The van der Waals surface area contributed by atoms with Crippen molar-refractivity contribution in [2.45, 2.75) is 50.2 Å². The summed E-state index contributed by atoms with van der Waals surface area (Å²) in [5, 5.41) is 0. The maximum atomic E-state index is 13.8. The number of fused-ring (bicyclic) bond motifs is 2. The number of rotatable bonds is 11. The van der Waals surface area contributed by atoms with Crippen LogP contribution in [0.1, 0.15) is 43.2 Å². The van der Waals surface area contributed by atoms with Gasteiger partial charge in [0.1, 0.15) is 6.04 Å². The van der Waals surface area contributed by atoms with Crippen molar-refractivity contribution in [3.8, 4) is 0 Å². The van der Waals surface area contributed by atoms with Crippen LogP contribution in [0.25, 0.3) is 0 Å². The van der Waals surface area contributed by atoms with Gasteiger partial charge in [0.15, 0.2) is 0 Å². The molecule has 2 saturated heterocycles. The minimum Gasteiger partial charge on any atom is -0.375 e. The Kier molecular flexibility index (Phi) is 11.2. The van der Waals surface area contributed by atoms with E-state index in [9.17, 15) is 21.6 Å². The molecule has 0 radical (unpaired) electrons. The van der Waals surface area contributed by atoms with Gasteiger partial charge in [-0.25, -0.2) is 21.6 Å². The fourth-order valence-corrected chi connectivity index (χ4v) is 8.63. The van der Waals surface area contributed by atoms with Gasteiger partial charge in [0.25, 0.3) is 0 Å². The molecule has 0 aliphatic carbocycles. The van der Waals surface area contributed by atoms with Crippen LogP contribution in [0.15, 0.2) is 54.6 Å². The van der Waals surface area contributed by atoms with Crippen LogP contribution in [0.3, 0.4) is 0 Å². The number of benzene rings is 2. The molecule has 0 bridgehead atoms. The summed E-state index contributed by atoms with van der Waals surface area (Å²) in [6.45, 7) is 3.56. The van der Waals surface area contributed by atoms with E-state index in [1.165, 1.54) is 17.0 Å². The maximum Gasteiger partial charge on any atom is 0.243 e. The molecule has 1 amide bonds. The van der Waals surface area contributed by atoms with E-state index in [1.807, 2.05) is 54.6 Å². The van der Waals surface area contributed by atoms with Gasteiger partial charge in [-0.2, -0.15) is 0 Å². The molecule has 13 heteroatoms. The molecule has 0 unspecified atom stereocenters. The van der Waals surface area contributed by atoms with Gasteiger partial charge in [-0.3, -0.25) is 9.10 Å². The number of amides is 1. The number of piperidine rings is 2. The summed E-state index contributed by atoms with van der Waals surface area (Å²) in [6, 6.07) is 16.1. The Balaban J connectivity index is 0.00000423. The molecule has 238 valence electrons. The highest BCUT2D eigenvalue weighted by Gasteiger charge is 2.48. The highest BCUT2D eigenvalue weighted by molar-refractivity contribution is 7.92. The van der Waals surface area contributed by atoms with Gasteiger partial charge in [-0.05, 0) is 56.0 Å². The second-order valence-corrected chi connectivity index (χ2v) is 15.6. The second kappa shape index (κ2) is 14.3. The number of hydrogen-bond donors (Lipinski definition) is 1. The van der Waals surface area contributed by atoms with Crippen LogP contribution in [0, 0.1) is 0 Å². The molecule has 5 rings (SSSR count). The summed E-state index contributed by atoms with van der Waals surface area (Å²) in [5.74, 6) is -0.387. The van der Waals surface area contributed by atoms with Crippen molar-refractivity contribution >= 4 is 44.0 Å². The highest BCUT2D eigenvalue weighted by Crippen LogP contribution is 2.47. The molecule has 2 aromatic carbocycles. The van der Waals surface area contributed by atoms with Crippen molar-refractivity contribution in [2.24, 2.45) is 0 Å². The molecule has 43 heavy (non-hydrogen) atoms. The molecular formula is C30H43ClN4O6S2. The van der Waals surface area contributed by atoms with Crippen molar-refractivity contribution in [2.75, 3.05) is 62.2 Å². The normalized spacial score (nSPS) is 19.6. The van der Waals surface area contributed by atoms with E-state index in [2.05, 4.69) is 9.62 Å². The van der Waals surface area contributed by atoms with Gasteiger partial charge in [0, 0.05) is 31.6 Å². The summed E-state index contributed by atoms with van der Waals surface area (Å²) < 4.78 is 61.4. The van der Waals surface area contributed by atoms with Gasteiger partial charge < -0.3 is 14.5 Å². The molecule has 2 fully saturated rings. The van der Waals surface area contributed by atoms with Gasteiger partial charge in [0.2, 0.25) is 26.0 Å². The summed E-state index contributed by atoms with van der Waals surface area (Å²) in [6.07, 6.45) is 5.71. The van der Waals surface area contributed by atoms with E-state index >= 15 is 0 Å². The topological polar surface area (TPSA) is 116 Å². The van der Waals surface area contributed by atoms with Crippen LogP contribution >= 0.6 is 12.4 Å². The zero-order chi connectivity index (χ0) is 29.8. The number of halogens is 1. The van der Waals surface area contributed by atoms with Crippen molar-refractivity contribution in [1.82, 2.24) is 14.5 Å². The zero-order valence-electron chi connectivity index (χ0n) is 24.7. The molecule has 1 spiro atoms. The smallest absolute Gasteiger partial charge is 0.243 e. The summed E-state index contributed by atoms with van der Waals surface area (Å²) in [5.41, 5.74) is 2.24. The van der Waals surface area contributed by atoms with E-state index in [0.717, 1.165) is 37.1 Å². The van der Waals surface area contributed by atoms with E-state index in [1.54, 1.807) is 4.90 Å². The molecule has 3 aliphatic heterocycles. The van der Waals surface area contributed by atoms with Crippen LogP contribution in [0.4, 0.5) is 5.69 Å². The molecule has 3 aliphatic rings. The number of ether oxygens (including phenoxy) is 1. The minimum absolute atomic E-state index is 0. The second-order valence-electron chi connectivity index (χ2n) is 11.8. The Morgan fingerprint density at radius 3 is 2.26 bits per heavy atom. The fraction of sp³-hybridized carbons (Fsp3) is 0.567. The third-order valence-corrected chi connectivity index (χ3v) is 11.3. The lowest BCUT2D eigenvalue weighted by atomic mass is 9.74. The van der Waals surface area contributed by atoms with Gasteiger partial charge >= 0.3 is 0 Å².